The maximum Gasteiger partial charge on any atom is 0.336 e. The summed E-state index contributed by atoms with van der Waals surface area (Å²) in [5.41, 5.74) is 2.64. The van der Waals surface area contributed by atoms with Crippen molar-refractivity contribution < 1.29 is 27.8 Å². The number of carbonyl (C=O) groups is 1. The van der Waals surface area contributed by atoms with E-state index in [9.17, 15) is 9.59 Å². The lowest BCUT2D eigenvalue weighted by Crippen LogP contribution is -2.32. The van der Waals surface area contributed by atoms with Crippen LogP contribution in [0.25, 0.3) is 11.0 Å². The number of carbonyl (C=O) groups excluding carboxylic acids is 1. The molecule has 0 aliphatic carbocycles. The molecule has 0 saturated carbocycles. The van der Waals surface area contributed by atoms with Gasteiger partial charge in [-0.3, -0.25) is 9.69 Å². The fourth-order valence-corrected chi connectivity index (χ4v) is 3.77. The van der Waals surface area contributed by atoms with Gasteiger partial charge in [0.25, 0.3) is 0 Å². The van der Waals surface area contributed by atoms with Crippen LogP contribution >= 0.6 is 0 Å². The number of hydrogen-bond donors (Lipinski definition) is 0. The molecule has 0 radical (unpaired) electrons. The number of aryl methyl sites for hydroxylation is 2. The number of methoxy groups -OCH3 is 1. The molecular weight excluding hydrogens is 402 g/mol. The summed E-state index contributed by atoms with van der Waals surface area (Å²) in [4.78, 5) is 26.2. The van der Waals surface area contributed by atoms with Crippen molar-refractivity contribution in [2.24, 2.45) is 0 Å². The van der Waals surface area contributed by atoms with Gasteiger partial charge in [-0.2, -0.15) is 0 Å². The van der Waals surface area contributed by atoms with Crippen molar-refractivity contribution in [3.63, 3.8) is 0 Å². The molecule has 0 fully saturated rings. The van der Waals surface area contributed by atoms with E-state index in [1.54, 1.807) is 13.4 Å². The van der Waals surface area contributed by atoms with E-state index in [1.807, 2.05) is 25.1 Å². The first-order valence-corrected chi connectivity index (χ1v) is 10.2. The van der Waals surface area contributed by atoms with Gasteiger partial charge in [0.2, 0.25) is 0 Å². The molecule has 31 heavy (non-hydrogen) atoms. The maximum atomic E-state index is 12.1. The first-order chi connectivity index (χ1) is 15.0. The van der Waals surface area contributed by atoms with Crippen LogP contribution in [0.1, 0.15) is 28.9 Å². The average Bonchev–Trinajstić information content (AvgIpc) is 3.25. The molecule has 8 nitrogen and oxygen atoms in total. The molecule has 4 rings (SSSR count). The second-order valence-corrected chi connectivity index (χ2v) is 7.52. The number of esters is 1. The van der Waals surface area contributed by atoms with Gasteiger partial charge in [-0.05, 0) is 42.7 Å². The number of benzene rings is 1. The molecule has 0 bridgehead atoms. The highest BCUT2D eigenvalue weighted by atomic mass is 16.6. The van der Waals surface area contributed by atoms with Crippen LogP contribution in [-0.2, 0) is 33.8 Å². The first-order valence-electron chi connectivity index (χ1n) is 10.2. The Hall–Kier alpha value is -3.10. The Morgan fingerprint density at radius 2 is 2.13 bits per heavy atom. The molecule has 8 heteroatoms. The van der Waals surface area contributed by atoms with Crippen molar-refractivity contribution in [1.82, 2.24) is 4.90 Å². The highest BCUT2D eigenvalue weighted by molar-refractivity contribution is 5.86. The van der Waals surface area contributed by atoms with E-state index in [0.29, 0.717) is 44.2 Å². The minimum atomic E-state index is -0.398. The van der Waals surface area contributed by atoms with Crippen LogP contribution in [-0.4, -0.2) is 37.9 Å². The summed E-state index contributed by atoms with van der Waals surface area (Å²) in [6, 6.07) is 7.16. The van der Waals surface area contributed by atoms with E-state index in [0.717, 1.165) is 27.8 Å². The number of furan rings is 1. The molecule has 1 aliphatic rings. The van der Waals surface area contributed by atoms with Gasteiger partial charge in [0.1, 0.15) is 30.4 Å². The molecule has 164 valence electrons. The lowest BCUT2D eigenvalue weighted by Gasteiger charge is -2.30. The normalized spacial score (nSPS) is 13.7. The standard InChI is InChI=1S/C23H25NO7/c1-15-10-21(26)31-23-18(15)11-16(5-6-20(25)29-9-8-27-2)22-19(23)13-24(14-30-22)12-17-4-3-7-28-17/h3-4,7,10-11H,5-6,8-9,12-14H2,1-2H3. The van der Waals surface area contributed by atoms with Crippen LogP contribution in [0.4, 0.5) is 0 Å². The number of fused-ring (bicyclic) bond motifs is 3. The van der Waals surface area contributed by atoms with Crippen LogP contribution in [0.15, 0.2) is 44.2 Å². The lowest BCUT2D eigenvalue weighted by atomic mass is 9.97. The molecule has 3 aromatic rings. The van der Waals surface area contributed by atoms with Gasteiger partial charge in [-0.15, -0.1) is 0 Å². The summed E-state index contributed by atoms with van der Waals surface area (Å²) in [5, 5.41) is 0.838. The zero-order valence-corrected chi connectivity index (χ0v) is 17.6. The van der Waals surface area contributed by atoms with Gasteiger partial charge in [-0.25, -0.2) is 4.79 Å². The number of nitrogens with zero attached hydrogens (tertiary/aromatic N) is 1. The molecular formula is C23H25NO7. The summed E-state index contributed by atoms with van der Waals surface area (Å²) in [6.45, 7) is 3.93. The van der Waals surface area contributed by atoms with Crippen molar-refractivity contribution >= 4 is 16.9 Å². The Kier molecular flexibility index (Phi) is 6.39. The molecule has 0 spiro atoms. The molecule has 1 aromatic carbocycles. The third-order valence-corrected chi connectivity index (χ3v) is 5.25. The van der Waals surface area contributed by atoms with Crippen molar-refractivity contribution in [2.75, 3.05) is 27.1 Å². The Morgan fingerprint density at radius 3 is 2.90 bits per heavy atom. The topological polar surface area (TPSA) is 91.4 Å². The van der Waals surface area contributed by atoms with Crippen LogP contribution in [0, 0.1) is 6.92 Å². The number of rotatable bonds is 8. The Balaban J connectivity index is 1.63. The van der Waals surface area contributed by atoms with Gasteiger partial charge in [-0.1, -0.05) is 0 Å². The molecule has 0 atom stereocenters. The number of ether oxygens (including phenoxy) is 3. The summed E-state index contributed by atoms with van der Waals surface area (Å²) >= 11 is 0. The van der Waals surface area contributed by atoms with Gasteiger partial charge >= 0.3 is 11.6 Å². The second-order valence-electron chi connectivity index (χ2n) is 7.52. The van der Waals surface area contributed by atoms with E-state index in [-0.39, 0.29) is 19.0 Å². The predicted octanol–water partition coefficient (Wildman–Crippen LogP) is 3.17. The molecule has 0 N–H and O–H groups in total. The van der Waals surface area contributed by atoms with Gasteiger partial charge in [0.15, 0.2) is 0 Å². The fourth-order valence-electron chi connectivity index (χ4n) is 3.77. The van der Waals surface area contributed by atoms with Crippen LogP contribution in [0.5, 0.6) is 5.75 Å². The SMILES string of the molecule is COCCOC(=O)CCc1cc2c(C)cc(=O)oc2c2c1OCN(Cc1ccco1)C2. The van der Waals surface area contributed by atoms with E-state index in [1.165, 1.54) is 6.07 Å². The first kappa shape index (κ1) is 21.1. The number of hydrogen-bond acceptors (Lipinski definition) is 8. The highest BCUT2D eigenvalue weighted by Gasteiger charge is 2.26. The smallest absolute Gasteiger partial charge is 0.336 e. The van der Waals surface area contributed by atoms with Gasteiger partial charge in [0, 0.05) is 31.5 Å². The van der Waals surface area contributed by atoms with E-state index in [4.69, 9.17) is 23.0 Å². The van der Waals surface area contributed by atoms with Crippen molar-refractivity contribution in [3.8, 4) is 5.75 Å². The highest BCUT2D eigenvalue weighted by Crippen LogP contribution is 2.37. The van der Waals surface area contributed by atoms with Gasteiger partial charge in [0.05, 0.1) is 25.0 Å². The summed E-state index contributed by atoms with van der Waals surface area (Å²) < 4.78 is 27.2. The molecule has 1 aliphatic heterocycles. The molecule has 0 unspecified atom stereocenters. The Bertz CT molecular complexity index is 1120. The van der Waals surface area contributed by atoms with Gasteiger partial charge < -0.3 is 23.0 Å². The van der Waals surface area contributed by atoms with Crippen LogP contribution < -0.4 is 10.4 Å². The molecule has 2 aromatic heterocycles. The van der Waals surface area contributed by atoms with Crippen molar-refractivity contribution in [2.45, 2.75) is 32.9 Å². The maximum absolute atomic E-state index is 12.1. The van der Waals surface area contributed by atoms with Crippen LogP contribution in [0.2, 0.25) is 0 Å². The quantitative estimate of drug-likeness (QED) is 0.308. The lowest BCUT2D eigenvalue weighted by molar-refractivity contribution is -0.144. The zero-order valence-electron chi connectivity index (χ0n) is 17.6. The van der Waals surface area contributed by atoms with E-state index < -0.39 is 5.63 Å². The minimum absolute atomic E-state index is 0.219. The summed E-state index contributed by atoms with van der Waals surface area (Å²) in [5.74, 6) is 1.20. The predicted molar refractivity (Wildman–Crippen MR) is 112 cm³/mol. The van der Waals surface area contributed by atoms with Crippen molar-refractivity contribution in [1.29, 1.82) is 0 Å². The van der Waals surface area contributed by atoms with E-state index >= 15 is 0 Å². The second kappa shape index (κ2) is 9.36. The third-order valence-electron chi connectivity index (χ3n) is 5.25. The van der Waals surface area contributed by atoms with Crippen LogP contribution in [0.3, 0.4) is 0 Å². The molecule has 3 heterocycles. The Labute approximate surface area is 179 Å². The largest absolute Gasteiger partial charge is 0.477 e. The Morgan fingerprint density at radius 1 is 1.26 bits per heavy atom. The van der Waals surface area contributed by atoms with E-state index in [2.05, 4.69) is 4.90 Å². The zero-order chi connectivity index (χ0) is 21.8. The fraction of sp³-hybridized carbons (Fsp3) is 0.391. The third kappa shape index (κ3) is 4.81. The average molecular weight is 427 g/mol. The van der Waals surface area contributed by atoms with Crippen molar-refractivity contribution in [3.05, 3.63) is 63.4 Å². The summed E-state index contributed by atoms with van der Waals surface area (Å²) in [7, 11) is 1.56. The molecule has 0 saturated heterocycles. The minimum Gasteiger partial charge on any atom is -0.477 e. The summed E-state index contributed by atoms with van der Waals surface area (Å²) in [6.07, 6.45) is 2.31. The monoisotopic (exact) mass is 427 g/mol. The molecule has 0 amide bonds.